The normalized spacial score (nSPS) is 26.0. The zero-order chi connectivity index (χ0) is 6.69. The van der Waals surface area contributed by atoms with Gasteiger partial charge in [-0.1, -0.05) is 0 Å². The Morgan fingerprint density at radius 2 is 2.00 bits per heavy atom. The van der Waals surface area contributed by atoms with Crippen LogP contribution in [-0.4, -0.2) is 24.5 Å². The first-order chi connectivity index (χ1) is 4.30. The van der Waals surface area contributed by atoms with Gasteiger partial charge in [-0.2, -0.15) is 0 Å². The zero-order valence-corrected chi connectivity index (χ0v) is 5.42. The molecular weight excluding hydrogens is 118 g/mol. The van der Waals surface area contributed by atoms with E-state index in [-0.39, 0.29) is 5.92 Å². The summed E-state index contributed by atoms with van der Waals surface area (Å²) in [5.41, 5.74) is 5.27. The van der Waals surface area contributed by atoms with Gasteiger partial charge in [0.05, 0.1) is 0 Å². The number of aliphatic hydroxyl groups excluding tert-OH is 1. The topological polar surface area (TPSA) is 55.5 Å². The first-order valence-corrected chi connectivity index (χ1v) is 3.32. The highest BCUT2D eigenvalue weighted by atomic mass is 16.5. The van der Waals surface area contributed by atoms with E-state index in [9.17, 15) is 0 Å². The average molecular weight is 131 g/mol. The minimum atomic E-state index is -0.645. The Kier molecular flexibility index (Phi) is 2.45. The van der Waals surface area contributed by atoms with Crippen LogP contribution in [0.4, 0.5) is 0 Å². The quantitative estimate of drug-likeness (QED) is 0.480. The van der Waals surface area contributed by atoms with Crippen LogP contribution in [-0.2, 0) is 4.74 Å². The van der Waals surface area contributed by atoms with Crippen LogP contribution in [0.25, 0.3) is 0 Å². The van der Waals surface area contributed by atoms with Crippen molar-refractivity contribution in [1.82, 2.24) is 0 Å². The number of hydrogen-bond acceptors (Lipinski definition) is 3. The number of rotatable bonds is 1. The lowest BCUT2D eigenvalue weighted by Gasteiger charge is -2.23. The minimum Gasteiger partial charge on any atom is -0.381 e. The van der Waals surface area contributed by atoms with E-state index in [4.69, 9.17) is 15.6 Å². The summed E-state index contributed by atoms with van der Waals surface area (Å²) in [5.74, 6) is 0.263. The van der Waals surface area contributed by atoms with Gasteiger partial charge in [-0.25, -0.2) is 0 Å². The van der Waals surface area contributed by atoms with Crippen LogP contribution >= 0.6 is 0 Å². The number of hydrogen-bond donors (Lipinski definition) is 2. The molecule has 54 valence electrons. The molecule has 1 atom stereocenters. The third-order valence-electron chi connectivity index (χ3n) is 1.75. The molecule has 1 saturated heterocycles. The van der Waals surface area contributed by atoms with E-state index in [1.165, 1.54) is 0 Å². The molecule has 1 unspecified atom stereocenters. The molecule has 0 aromatic rings. The first kappa shape index (κ1) is 6.99. The van der Waals surface area contributed by atoms with Gasteiger partial charge in [-0.05, 0) is 12.8 Å². The number of nitrogens with two attached hydrogens (primary N) is 1. The summed E-state index contributed by atoms with van der Waals surface area (Å²) in [5, 5.41) is 8.90. The van der Waals surface area contributed by atoms with Crippen molar-refractivity contribution >= 4 is 0 Å². The van der Waals surface area contributed by atoms with Gasteiger partial charge in [0.1, 0.15) is 6.23 Å². The van der Waals surface area contributed by atoms with Crippen LogP contribution < -0.4 is 5.73 Å². The highest BCUT2D eigenvalue weighted by Gasteiger charge is 2.18. The fourth-order valence-electron chi connectivity index (χ4n) is 1.06. The third-order valence-corrected chi connectivity index (χ3v) is 1.75. The van der Waals surface area contributed by atoms with Crippen molar-refractivity contribution in [2.45, 2.75) is 19.1 Å². The summed E-state index contributed by atoms with van der Waals surface area (Å²) in [7, 11) is 0. The molecule has 0 radical (unpaired) electrons. The molecular formula is C6H13NO2. The van der Waals surface area contributed by atoms with Crippen molar-refractivity contribution in [2.24, 2.45) is 11.7 Å². The second kappa shape index (κ2) is 3.15. The molecule has 0 aromatic carbocycles. The van der Waals surface area contributed by atoms with Crippen molar-refractivity contribution in [2.75, 3.05) is 13.2 Å². The zero-order valence-electron chi connectivity index (χ0n) is 5.42. The summed E-state index contributed by atoms with van der Waals surface area (Å²) in [4.78, 5) is 0. The van der Waals surface area contributed by atoms with Gasteiger partial charge in [-0.3, -0.25) is 0 Å². The van der Waals surface area contributed by atoms with Gasteiger partial charge >= 0.3 is 0 Å². The summed E-state index contributed by atoms with van der Waals surface area (Å²) in [6.07, 6.45) is 1.16. The molecule has 0 spiro atoms. The van der Waals surface area contributed by atoms with E-state index >= 15 is 0 Å². The second-order valence-corrected chi connectivity index (χ2v) is 2.44. The molecule has 1 aliphatic rings. The molecule has 0 bridgehead atoms. The van der Waals surface area contributed by atoms with Crippen molar-refractivity contribution in [3.63, 3.8) is 0 Å². The SMILES string of the molecule is NC(O)C1CCOCC1. The molecule has 9 heavy (non-hydrogen) atoms. The predicted octanol–water partition coefficient (Wildman–Crippen LogP) is -0.310. The Labute approximate surface area is 54.8 Å². The molecule has 0 aliphatic carbocycles. The second-order valence-electron chi connectivity index (χ2n) is 2.44. The summed E-state index contributed by atoms with van der Waals surface area (Å²) in [6.45, 7) is 1.50. The molecule has 1 aliphatic heterocycles. The van der Waals surface area contributed by atoms with E-state index in [1.807, 2.05) is 0 Å². The molecule has 1 heterocycles. The summed E-state index contributed by atoms with van der Waals surface area (Å²) < 4.78 is 5.08. The van der Waals surface area contributed by atoms with E-state index in [0.717, 1.165) is 26.1 Å². The van der Waals surface area contributed by atoms with Crippen LogP contribution in [0.2, 0.25) is 0 Å². The van der Waals surface area contributed by atoms with Gasteiger partial charge in [0.2, 0.25) is 0 Å². The summed E-state index contributed by atoms with van der Waals surface area (Å²) in [6, 6.07) is 0. The third kappa shape index (κ3) is 1.93. The molecule has 1 fully saturated rings. The van der Waals surface area contributed by atoms with Gasteiger partial charge in [0.15, 0.2) is 0 Å². The van der Waals surface area contributed by atoms with E-state index in [0.29, 0.717) is 0 Å². The Morgan fingerprint density at radius 1 is 1.44 bits per heavy atom. The van der Waals surface area contributed by atoms with Crippen LogP contribution in [0.5, 0.6) is 0 Å². The van der Waals surface area contributed by atoms with Gasteiger partial charge in [0.25, 0.3) is 0 Å². The first-order valence-electron chi connectivity index (χ1n) is 3.32. The molecule has 3 nitrogen and oxygen atoms in total. The van der Waals surface area contributed by atoms with E-state index in [1.54, 1.807) is 0 Å². The van der Waals surface area contributed by atoms with Crippen molar-refractivity contribution in [3.05, 3.63) is 0 Å². The monoisotopic (exact) mass is 131 g/mol. The summed E-state index contributed by atoms with van der Waals surface area (Å²) >= 11 is 0. The fourth-order valence-corrected chi connectivity index (χ4v) is 1.06. The Hall–Kier alpha value is -0.120. The lowest BCUT2D eigenvalue weighted by molar-refractivity contribution is 0.0107. The van der Waals surface area contributed by atoms with Crippen LogP contribution in [0, 0.1) is 5.92 Å². The van der Waals surface area contributed by atoms with Crippen LogP contribution in [0.3, 0.4) is 0 Å². The lowest BCUT2D eigenvalue weighted by Crippen LogP contribution is -2.33. The maximum Gasteiger partial charge on any atom is 0.105 e. The molecule has 0 saturated carbocycles. The van der Waals surface area contributed by atoms with Crippen molar-refractivity contribution in [3.8, 4) is 0 Å². The smallest absolute Gasteiger partial charge is 0.105 e. The Balaban J connectivity index is 2.23. The average Bonchev–Trinajstić information content (AvgIpc) is 1.90. The molecule has 3 N–H and O–H groups in total. The molecule has 1 rings (SSSR count). The fraction of sp³-hybridized carbons (Fsp3) is 1.00. The van der Waals surface area contributed by atoms with Gasteiger partial charge in [0, 0.05) is 19.1 Å². The maximum absolute atomic E-state index is 8.90. The molecule has 0 amide bonds. The highest BCUT2D eigenvalue weighted by molar-refractivity contribution is 4.66. The van der Waals surface area contributed by atoms with Crippen LogP contribution in [0.15, 0.2) is 0 Å². The van der Waals surface area contributed by atoms with Crippen molar-refractivity contribution in [1.29, 1.82) is 0 Å². The van der Waals surface area contributed by atoms with Crippen molar-refractivity contribution < 1.29 is 9.84 Å². The number of aliphatic hydroxyl groups is 1. The van der Waals surface area contributed by atoms with Gasteiger partial charge < -0.3 is 15.6 Å². The number of ether oxygens (including phenoxy) is 1. The van der Waals surface area contributed by atoms with Gasteiger partial charge in [-0.15, -0.1) is 0 Å². The minimum absolute atomic E-state index is 0.263. The van der Waals surface area contributed by atoms with E-state index < -0.39 is 6.23 Å². The van der Waals surface area contributed by atoms with E-state index in [2.05, 4.69) is 0 Å². The standard InChI is InChI=1S/C6H13NO2/c7-6(8)5-1-3-9-4-2-5/h5-6,8H,1-4,7H2. The molecule has 3 heteroatoms. The maximum atomic E-state index is 8.90. The molecule has 0 aromatic heterocycles. The largest absolute Gasteiger partial charge is 0.381 e. The Bertz CT molecular complexity index is 79.1. The highest BCUT2D eigenvalue weighted by Crippen LogP contribution is 2.15. The van der Waals surface area contributed by atoms with Crippen LogP contribution in [0.1, 0.15) is 12.8 Å². The lowest BCUT2D eigenvalue weighted by atomic mass is 9.99. The Morgan fingerprint density at radius 3 is 2.33 bits per heavy atom. The predicted molar refractivity (Wildman–Crippen MR) is 33.7 cm³/mol.